The number of nitrogens with zero attached hydrogens (tertiary/aromatic N) is 3. The number of hydrogen-bond acceptors (Lipinski definition) is 4. The molecule has 1 aliphatic carbocycles. The van der Waals surface area contributed by atoms with Crippen molar-refractivity contribution >= 4 is 17.3 Å². The molecule has 0 saturated heterocycles. The van der Waals surface area contributed by atoms with E-state index in [1.807, 2.05) is 27.1 Å². The quantitative estimate of drug-likeness (QED) is 0.808. The fourth-order valence-corrected chi connectivity index (χ4v) is 4.30. The summed E-state index contributed by atoms with van der Waals surface area (Å²) in [5.41, 5.74) is 5.73. The van der Waals surface area contributed by atoms with Gasteiger partial charge in [0.15, 0.2) is 0 Å². The Bertz CT molecular complexity index is 918. The van der Waals surface area contributed by atoms with Crippen LogP contribution in [0.4, 0.5) is 5.69 Å². The summed E-state index contributed by atoms with van der Waals surface area (Å²) in [6, 6.07) is 14.6. The van der Waals surface area contributed by atoms with Crippen molar-refractivity contribution in [2.24, 2.45) is 11.0 Å². The molecule has 0 radical (unpaired) electrons. The summed E-state index contributed by atoms with van der Waals surface area (Å²) in [6.45, 7) is 1.90. The summed E-state index contributed by atoms with van der Waals surface area (Å²) in [5, 5.41) is 6.57. The van der Waals surface area contributed by atoms with E-state index in [-0.39, 0.29) is 17.9 Å². The lowest BCUT2D eigenvalue weighted by atomic mass is 9.77. The monoisotopic (exact) mass is 377 g/mol. The first-order chi connectivity index (χ1) is 13.5. The summed E-state index contributed by atoms with van der Waals surface area (Å²) in [7, 11) is 5.76. The number of carbonyl (C=O) groups is 1. The molecule has 4 rings (SSSR count). The van der Waals surface area contributed by atoms with Crippen molar-refractivity contribution in [3.8, 4) is 5.75 Å². The SMILES string of the molecule is CCC(=O)N1N=C2c3ccc(OC)cc3CC[C@H]2[C@@H]1c1ccc(N(C)C)cc1. The van der Waals surface area contributed by atoms with Crippen molar-refractivity contribution in [3.63, 3.8) is 0 Å². The van der Waals surface area contributed by atoms with Gasteiger partial charge in [-0.25, -0.2) is 5.01 Å². The summed E-state index contributed by atoms with van der Waals surface area (Å²) < 4.78 is 5.38. The lowest BCUT2D eigenvalue weighted by Gasteiger charge is -2.30. The first-order valence-corrected chi connectivity index (χ1v) is 9.88. The number of rotatable bonds is 4. The highest BCUT2D eigenvalue weighted by Gasteiger charge is 2.43. The molecule has 5 heteroatoms. The van der Waals surface area contributed by atoms with Gasteiger partial charge in [0.1, 0.15) is 5.75 Å². The van der Waals surface area contributed by atoms with Gasteiger partial charge in [-0.2, -0.15) is 5.10 Å². The van der Waals surface area contributed by atoms with Gasteiger partial charge in [-0.1, -0.05) is 19.1 Å². The minimum atomic E-state index is -0.0334. The maximum absolute atomic E-state index is 12.7. The van der Waals surface area contributed by atoms with Gasteiger partial charge in [-0.3, -0.25) is 4.79 Å². The van der Waals surface area contributed by atoms with Gasteiger partial charge in [-0.15, -0.1) is 0 Å². The second kappa shape index (κ2) is 7.30. The number of carbonyl (C=O) groups excluding carboxylic acids is 1. The first kappa shape index (κ1) is 18.5. The molecule has 0 N–H and O–H groups in total. The van der Waals surface area contributed by atoms with Crippen molar-refractivity contribution in [2.45, 2.75) is 32.2 Å². The van der Waals surface area contributed by atoms with Crippen LogP contribution in [-0.2, 0) is 11.2 Å². The van der Waals surface area contributed by atoms with E-state index in [1.165, 1.54) is 5.56 Å². The van der Waals surface area contributed by atoms with Crippen molar-refractivity contribution in [1.82, 2.24) is 5.01 Å². The van der Waals surface area contributed by atoms with Crippen LogP contribution in [-0.4, -0.2) is 37.8 Å². The van der Waals surface area contributed by atoms with E-state index in [0.717, 1.165) is 41.1 Å². The van der Waals surface area contributed by atoms with Crippen LogP contribution in [0, 0.1) is 5.92 Å². The standard InChI is InChI=1S/C23H27N3O2/c1-5-21(27)26-23(15-6-9-17(10-7-15)25(2)3)20-12-8-16-14-18(28-4)11-13-19(16)22(20)24-26/h6-7,9-11,13-14,20,23H,5,8,12H2,1-4H3/t20-,23+/m1/s1. The lowest BCUT2D eigenvalue weighted by Crippen LogP contribution is -2.31. The van der Waals surface area contributed by atoms with Gasteiger partial charge < -0.3 is 9.64 Å². The zero-order valence-corrected chi connectivity index (χ0v) is 17.0. The Kier molecular flexibility index (Phi) is 4.84. The predicted molar refractivity (Wildman–Crippen MR) is 112 cm³/mol. The van der Waals surface area contributed by atoms with Gasteiger partial charge >= 0.3 is 0 Å². The lowest BCUT2D eigenvalue weighted by molar-refractivity contribution is -0.133. The summed E-state index contributed by atoms with van der Waals surface area (Å²) in [5.74, 6) is 1.16. The molecule has 2 aromatic carbocycles. The van der Waals surface area contributed by atoms with Gasteiger partial charge in [0.2, 0.25) is 5.91 Å². The second-order valence-electron chi connectivity index (χ2n) is 7.68. The molecule has 1 amide bonds. The maximum Gasteiger partial charge on any atom is 0.242 e. The summed E-state index contributed by atoms with van der Waals surface area (Å²) >= 11 is 0. The molecule has 1 aliphatic heterocycles. The molecule has 2 aliphatic rings. The Morgan fingerprint density at radius 3 is 2.61 bits per heavy atom. The van der Waals surface area contributed by atoms with E-state index < -0.39 is 0 Å². The molecule has 0 aromatic heterocycles. The predicted octanol–water partition coefficient (Wildman–Crippen LogP) is 4.02. The molecule has 2 aromatic rings. The van der Waals surface area contributed by atoms with E-state index in [0.29, 0.717) is 6.42 Å². The number of fused-ring (bicyclic) bond motifs is 3. The number of amides is 1. The van der Waals surface area contributed by atoms with Crippen LogP contribution in [0.1, 0.15) is 42.5 Å². The van der Waals surface area contributed by atoms with Crippen LogP contribution in [0.3, 0.4) is 0 Å². The van der Waals surface area contributed by atoms with Crippen LogP contribution in [0.25, 0.3) is 0 Å². The number of ether oxygens (including phenoxy) is 1. The third-order valence-corrected chi connectivity index (χ3v) is 5.83. The molecule has 0 spiro atoms. The van der Waals surface area contributed by atoms with E-state index >= 15 is 0 Å². The number of methoxy groups -OCH3 is 1. The number of hydrogen-bond donors (Lipinski definition) is 0. The van der Waals surface area contributed by atoms with E-state index in [9.17, 15) is 4.79 Å². The van der Waals surface area contributed by atoms with Crippen LogP contribution in [0.15, 0.2) is 47.6 Å². The summed E-state index contributed by atoms with van der Waals surface area (Å²) in [6.07, 6.45) is 2.40. The largest absolute Gasteiger partial charge is 0.497 e. The van der Waals surface area contributed by atoms with E-state index in [4.69, 9.17) is 9.84 Å². The van der Waals surface area contributed by atoms with Crippen molar-refractivity contribution in [2.75, 3.05) is 26.1 Å². The van der Waals surface area contributed by atoms with Gasteiger partial charge in [-0.05, 0) is 54.3 Å². The molecule has 0 saturated carbocycles. The van der Waals surface area contributed by atoms with Crippen LogP contribution < -0.4 is 9.64 Å². The Morgan fingerprint density at radius 2 is 1.96 bits per heavy atom. The zero-order valence-electron chi connectivity index (χ0n) is 17.0. The highest BCUT2D eigenvalue weighted by atomic mass is 16.5. The molecular weight excluding hydrogens is 350 g/mol. The smallest absolute Gasteiger partial charge is 0.242 e. The second-order valence-corrected chi connectivity index (χ2v) is 7.68. The third-order valence-electron chi connectivity index (χ3n) is 5.83. The van der Waals surface area contributed by atoms with Gasteiger partial charge in [0, 0.05) is 37.7 Å². The Morgan fingerprint density at radius 1 is 1.21 bits per heavy atom. The van der Waals surface area contributed by atoms with E-state index in [1.54, 1.807) is 12.1 Å². The minimum absolute atomic E-state index is 0.0334. The number of aryl methyl sites for hydroxylation is 1. The average molecular weight is 377 g/mol. The van der Waals surface area contributed by atoms with Crippen molar-refractivity contribution in [3.05, 3.63) is 59.2 Å². The third kappa shape index (κ3) is 3.05. The highest BCUT2D eigenvalue weighted by molar-refractivity contribution is 6.07. The molecule has 1 heterocycles. The number of hydrazone groups is 1. The number of benzene rings is 2. The Labute approximate surface area is 166 Å². The topological polar surface area (TPSA) is 45.1 Å². The molecule has 28 heavy (non-hydrogen) atoms. The minimum Gasteiger partial charge on any atom is -0.497 e. The van der Waals surface area contributed by atoms with Crippen LogP contribution in [0.5, 0.6) is 5.75 Å². The molecule has 5 nitrogen and oxygen atoms in total. The Balaban J connectivity index is 1.74. The average Bonchev–Trinajstić information content (AvgIpc) is 3.12. The maximum atomic E-state index is 12.7. The normalized spacial score (nSPS) is 20.3. The summed E-state index contributed by atoms with van der Waals surface area (Å²) in [4.78, 5) is 14.8. The first-order valence-electron chi connectivity index (χ1n) is 9.88. The van der Waals surface area contributed by atoms with Crippen molar-refractivity contribution < 1.29 is 9.53 Å². The molecule has 0 fully saturated rings. The fraction of sp³-hybridized carbons (Fsp3) is 0.391. The molecule has 0 bridgehead atoms. The van der Waals surface area contributed by atoms with Gasteiger partial charge in [0.05, 0.1) is 18.9 Å². The molecule has 0 unspecified atom stereocenters. The zero-order chi connectivity index (χ0) is 19.8. The molecule has 146 valence electrons. The van der Waals surface area contributed by atoms with Crippen LogP contribution in [0.2, 0.25) is 0 Å². The highest BCUT2D eigenvalue weighted by Crippen LogP contribution is 2.44. The van der Waals surface area contributed by atoms with Crippen LogP contribution >= 0.6 is 0 Å². The Hall–Kier alpha value is -2.82. The van der Waals surface area contributed by atoms with Gasteiger partial charge in [0.25, 0.3) is 0 Å². The molecular formula is C23H27N3O2. The fourth-order valence-electron chi connectivity index (χ4n) is 4.30. The number of anilines is 1. The molecule has 2 atom stereocenters. The van der Waals surface area contributed by atoms with Crippen molar-refractivity contribution in [1.29, 1.82) is 0 Å². The van der Waals surface area contributed by atoms with E-state index in [2.05, 4.69) is 41.3 Å².